The first-order valence-electron chi connectivity index (χ1n) is 7.92. The molecule has 3 aromatic heterocycles. The summed E-state index contributed by atoms with van der Waals surface area (Å²) in [5.74, 6) is -0.0654. The van der Waals surface area contributed by atoms with Gasteiger partial charge < -0.3 is 5.32 Å². The molecule has 3 aromatic rings. The van der Waals surface area contributed by atoms with Gasteiger partial charge in [0.05, 0.1) is 5.69 Å². The minimum Gasteiger partial charge on any atom is -0.301 e. The zero-order valence-electron chi connectivity index (χ0n) is 14.3. The molecule has 3 rings (SSSR count). The van der Waals surface area contributed by atoms with Crippen molar-refractivity contribution < 1.29 is 4.79 Å². The molecule has 126 valence electrons. The Morgan fingerprint density at radius 1 is 1.29 bits per heavy atom. The summed E-state index contributed by atoms with van der Waals surface area (Å²) >= 11 is 1.41. The van der Waals surface area contributed by atoms with E-state index in [9.17, 15) is 4.79 Å². The summed E-state index contributed by atoms with van der Waals surface area (Å²) in [4.78, 5) is 16.7. The molecule has 0 radical (unpaired) electrons. The van der Waals surface area contributed by atoms with Crippen LogP contribution < -0.4 is 5.32 Å². The van der Waals surface area contributed by atoms with E-state index < -0.39 is 0 Å². The Hall–Kier alpha value is -2.35. The van der Waals surface area contributed by atoms with E-state index in [4.69, 9.17) is 0 Å². The molecular formula is C16H20N6OS. The highest BCUT2D eigenvalue weighted by atomic mass is 32.1. The van der Waals surface area contributed by atoms with Crippen molar-refractivity contribution in [2.45, 2.75) is 47.0 Å². The molecule has 7 nitrogen and oxygen atoms in total. The van der Waals surface area contributed by atoms with E-state index in [1.54, 1.807) is 0 Å². The Morgan fingerprint density at radius 3 is 2.79 bits per heavy atom. The van der Waals surface area contributed by atoms with Crippen LogP contribution in [0.3, 0.4) is 0 Å². The van der Waals surface area contributed by atoms with Crippen LogP contribution in [-0.2, 0) is 17.6 Å². The molecule has 0 atom stereocenters. The zero-order valence-corrected chi connectivity index (χ0v) is 15.1. The van der Waals surface area contributed by atoms with Gasteiger partial charge in [0, 0.05) is 23.9 Å². The number of rotatable bonds is 5. The van der Waals surface area contributed by atoms with Crippen LogP contribution in [0, 0.1) is 20.8 Å². The van der Waals surface area contributed by atoms with Crippen LogP contribution in [0.15, 0.2) is 6.07 Å². The maximum absolute atomic E-state index is 12.2. The van der Waals surface area contributed by atoms with Gasteiger partial charge in [-0.1, -0.05) is 18.3 Å². The highest BCUT2D eigenvalue weighted by Gasteiger charge is 2.13. The van der Waals surface area contributed by atoms with Gasteiger partial charge in [0.15, 0.2) is 5.65 Å². The minimum atomic E-state index is -0.0654. The summed E-state index contributed by atoms with van der Waals surface area (Å²) in [7, 11) is 0. The molecule has 1 N–H and O–H groups in total. The van der Waals surface area contributed by atoms with Crippen molar-refractivity contribution in [2.24, 2.45) is 0 Å². The van der Waals surface area contributed by atoms with Gasteiger partial charge in [-0.05, 0) is 39.2 Å². The number of carbonyl (C=O) groups is 1. The third-order valence-electron chi connectivity index (χ3n) is 3.90. The second kappa shape index (κ2) is 6.64. The number of aromatic nitrogens is 5. The second-order valence-corrected chi connectivity index (χ2v) is 6.78. The SMILES string of the molecule is CCc1nnc(NC(=O)CCc2c(C)nc3cc(C)nn3c2C)s1. The topological polar surface area (TPSA) is 85.1 Å². The number of hydrogen-bond donors (Lipinski definition) is 1. The molecule has 0 unspecified atom stereocenters. The quantitative estimate of drug-likeness (QED) is 0.769. The Kier molecular flexibility index (Phi) is 4.57. The van der Waals surface area contributed by atoms with Crippen LogP contribution in [0.5, 0.6) is 0 Å². The molecule has 0 aromatic carbocycles. The number of hydrogen-bond acceptors (Lipinski definition) is 6. The molecule has 0 spiro atoms. The van der Waals surface area contributed by atoms with E-state index in [-0.39, 0.29) is 5.91 Å². The number of nitrogens with zero attached hydrogens (tertiary/aromatic N) is 5. The molecule has 8 heteroatoms. The van der Waals surface area contributed by atoms with Crippen LogP contribution >= 0.6 is 11.3 Å². The average Bonchev–Trinajstić information content (AvgIpc) is 3.13. The maximum Gasteiger partial charge on any atom is 0.226 e. The number of amides is 1. The monoisotopic (exact) mass is 344 g/mol. The first-order chi connectivity index (χ1) is 11.5. The fraction of sp³-hybridized carbons (Fsp3) is 0.438. The van der Waals surface area contributed by atoms with Crippen molar-refractivity contribution in [1.29, 1.82) is 0 Å². The van der Waals surface area contributed by atoms with E-state index in [0.717, 1.165) is 39.7 Å². The molecule has 0 fully saturated rings. The lowest BCUT2D eigenvalue weighted by Gasteiger charge is -2.10. The van der Waals surface area contributed by atoms with Gasteiger partial charge in [0.2, 0.25) is 11.0 Å². The predicted molar refractivity (Wildman–Crippen MR) is 93.4 cm³/mol. The van der Waals surface area contributed by atoms with Crippen LogP contribution in [-0.4, -0.2) is 30.7 Å². The maximum atomic E-state index is 12.2. The van der Waals surface area contributed by atoms with Crippen molar-refractivity contribution in [3.05, 3.63) is 33.7 Å². The van der Waals surface area contributed by atoms with Gasteiger partial charge in [-0.3, -0.25) is 4.79 Å². The number of fused-ring (bicyclic) bond motifs is 1. The van der Waals surface area contributed by atoms with Gasteiger partial charge in [0.25, 0.3) is 0 Å². The summed E-state index contributed by atoms with van der Waals surface area (Å²) in [6, 6.07) is 1.96. The Labute approximate surface area is 144 Å². The van der Waals surface area contributed by atoms with Gasteiger partial charge in [-0.2, -0.15) is 5.10 Å². The Bertz CT molecular complexity index is 897. The lowest BCUT2D eigenvalue weighted by molar-refractivity contribution is -0.116. The van der Waals surface area contributed by atoms with E-state index in [0.29, 0.717) is 18.0 Å². The number of nitrogens with one attached hydrogen (secondary N) is 1. The molecule has 3 heterocycles. The van der Waals surface area contributed by atoms with Crippen molar-refractivity contribution in [3.63, 3.8) is 0 Å². The van der Waals surface area contributed by atoms with Crippen LogP contribution in [0.25, 0.3) is 5.65 Å². The molecule has 1 amide bonds. The standard InChI is InChI=1S/C16H20N6OS/c1-5-15-19-20-16(24-15)18-14(23)7-6-12-10(3)17-13-8-9(2)21-22(13)11(12)4/h8H,5-7H2,1-4H3,(H,18,20,23). The normalized spacial score (nSPS) is 11.2. The summed E-state index contributed by atoms with van der Waals surface area (Å²) in [5.41, 5.74) is 4.81. The lowest BCUT2D eigenvalue weighted by Crippen LogP contribution is -2.14. The lowest BCUT2D eigenvalue weighted by atomic mass is 10.1. The van der Waals surface area contributed by atoms with E-state index in [2.05, 4.69) is 25.6 Å². The van der Waals surface area contributed by atoms with Gasteiger partial charge in [0.1, 0.15) is 5.01 Å². The van der Waals surface area contributed by atoms with Crippen LogP contribution in [0.4, 0.5) is 5.13 Å². The average molecular weight is 344 g/mol. The fourth-order valence-corrected chi connectivity index (χ4v) is 3.37. The number of carbonyl (C=O) groups excluding carboxylic acids is 1. The highest BCUT2D eigenvalue weighted by molar-refractivity contribution is 7.15. The third kappa shape index (κ3) is 3.28. The van der Waals surface area contributed by atoms with Crippen molar-refractivity contribution in [2.75, 3.05) is 5.32 Å². The molecule has 0 bridgehead atoms. The largest absolute Gasteiger partial charge is 0.301 e. The summed E-state index contributed by atoms with van der Waals surface area (Å²) in [6.45, 7) is 7.95. The van der Waals surface area contributed by atoms with Gasteiger partial charge in [-0.15, -0.1) is 10.2 Å². The van der Waals surface area contributed by atoms with E-state index in [1.807, 2.05) is 38.3 Å². The smallest absolute Gasteiger partial charge is 0.226 e. The van der Waals surface area contributed by atoms with Gasteiger partial charge in [-0.25, -0.2) is 9.50 Å². The molecular weight excluding hydrogens is 324 g/mol. The summed E-state index contributed by atoms with van der Waals surface area (Å²) in [5, 5.41) is 16.7. The van der Waals surface area contributed by atoms with Crippen molar-refractivity contribution in [3.8, 4) is 0 Å². The Balaban J connectivity index is 1.71. The van der Waals surface area contributed by atoms with Crippen LogP contribution in [0.2, 0.25) is 0 Å². The van der Waals surface area contributed by atoms with E-state index >= 15 is 0 Å². The molecule has 0 saturated heterocycles. The fourth-order valence-electron chi connectivity index (χ4n) is 2.67. The molecule has 0 aliphatic carbocycles. The number of anilines is 1. The van der Waals surface area contributed by atoms with Crippen molar-refractivity contribution >= 4 is 28.0 Å². The van der Waals surface area contributed by atoms with Gasteiger partial charge >= 0.3 is 0 Å². The molecule has 0 saturated carbocycles. The first kappa shape index (κ1) is 16.5. The molecule has 0 aliphatic rings. The summed E-state index contributed by atoms with van der Waals surface area (Å²) < 4.78 is 1.84. The molecule has 0 aliphatic heterocycles. The third-order valence-corrected chi connectivity index (χ3v) is 4.89. The molecule has 24 heavy (non-hydrogen) atoms. The van der Waals surface area contributed by atoms with E-state index in [1.165, 1.54) is 11.3 Å². The first-order valence-corrected chi connectivity index (χ1v) is 8.74. The second-order valence-electron chi connectivity index (χ2n) is 5.72. The Morgan fingerprint density at radius 2 is 2.08 bits per heavy atom. The summed E-state index contributed by atoms with van der Waals surface area (Å²) in [6.07, 6.45) is 1.81. The minimum absolute atomic E-state index is 0.0654. The highest BCUT2D eigenvalue weighted by Crippen LogP contribution is 2.19. The van der Waals surface area contributed by atoms with Crippen LogP contribution in [0.1, 0.15) is 41.0 Å². The zero-order chi connectivity index (χ0) is 17.3. The number of aryl methyl sites for hydroxylation is 4. The predicted octanol–water partition coefficient (Wildman–Crippen LogP) is 2.64. The van der Waals surface area contributed by atoms with Crippen molar-refractivity contribution in [1.82, 2.24) is 24.8 Å².